The third kappa shape index (κ3) is 1.33. The molecule has 0 aliphatic carbocycles. The summed E-state index contributed by atoms with van der Waals surface area (Å²) in [5.41, 5.74) is 5.57. The highest BCUT2D eigenvalue weighted by Crippen LogP contribution is 2.25. The molecule has 0 aliphatic heterocycles. The Morgan fingerprint density at radius 2 is 1.85 bits per heavy atom. The smallest absolute Gasteiger partial charge is 0.153 e. The summed E-state index contributed by atoms with van der Waals surface area (Å²) < 4.78 is 13.4. The lowest BCUT2D eigenvalue weighted by Gasteiger charge is -2.02. The van der Waals surface area contributed by atoms with E-state index in [0.717, 1.165) is 5.39 Å². The van der Waals surface area contributed by atoms with E-state index in [2.05, 4.69) is 0 Å². The van der Waals surface area contributed by atoms with Crippen molar-refractivity contribution in [2.24, 2.45) is 0 Å². The zero-order valence-electron chi connectivity index (χ0n) is 6.72. The Hall–Kier alpha value is -1.28. The molecule has 0 fully saturated rings. The number of nitrogen functional groups attached to an aromatic ring is 1. The number of hydrogen-bond donors (Lipinski definition) is 1. The minimum atomic E-state index is -0.403. The van der Waals surface area contributed by atoms with Gasteiger partial charge in [-0.25, -0.2) is 4.39 Å². The Morgan fingerprint density at radius 1 is 1.15 bits per heavy atom. The van der Waals surface area contributed by atoms with E-state index in [1.54, 1.807) is 30.3 Å². The molecule has 0 atom stereocenters. The first-order valence-electron chi connectivity index (χ1n) is 3.82. The molecule has 2 N–H and O–H groups in total. The molecular formula is C10H7ClFN. The normalized spacial score (nSPS) is 10.6. The molecule has 2 aromatic carbocycles. The average Bonchev–Trinajstić information content (AvgIpc) is 2.12. The van der Waals surface area contributed by atoms with E-state index in [-0.39, 0.29) is 5.69 Å². The van der Waals surface area contributed by atoms with Crippen molar-refractivity contribution in [2.75, 3.05) is 5.73 Å². The average molecular weight is 196 g/mol. The molecule has 2 rings (SSSR count). The molecule has 0 heterocycles. The van der Waals surface area contributed by atoms with Crippen molar-refractivity contribution >= 4 is 28.1 Å². The summed E-state index contributed by atoms with van der Waals surface area (Å²) in [6, 6.07) is 8.37. The van der Waals surface area contributed by atoms with Gasteiger partial charge in [-0.2, -0.15) is 0 Å². The maximum atomic E-state index is 13.4. The van der Waals surface area contributed by atoms with Crippen LogP contribution in [0.1, 0.15) is 0 Å². The van der Waals surface area contributed by atoms with Gasteiger partial charge in [0.25, 0.3) is 0 Å². The van der Waals surface area contributed by atoms with Crippen molar-refractivity contribution in [2.45, 2.75) is 0 Å². The Kier molecular flexibility index (Phi) is 1.85. The molecular weight excluding hydrogens is 189 g/mol. The van der Waals surface area contributed by atoms with E-state index in [4.69, 9.17) is 17.3 Å². The summed E-state index contributed by atoms with van der Waals surface area (Å²) in [5, 5.41) is 1.78. The largest absolute Gasteiger partial charge is 0.396 e. The summed E-state index contributed by atoms with van der Waals surface area (Å²) in [6.07, 6.45) is 0. The van der Waals surface area contributed by atoms with Gasteiger partial charge in [0, 0.05) is 10.4 Å². The van der Waals surface area contributed by atoms with Gasteiger partial charge in [-0.1, -0.05) is 23.7 Å². The zero-order chi connectivity index (χ0) is 9.42. The van der Waals surface area contributed by atoms with Crippen LogP contribution in [0.3, 0.4) is 0 Å². The van der Waals surface area contributed by atoms with Crippen LogP contribution in [0.25, 0.3) is 10.8 Å². The van der Waals surface area contributed by atoms with Gasteiger partial charge in [-0.3, -0.25) is 0 Å². The van der Waals surface area contributed by atoms with E-state index >= 15 is 0 Å². The maximum absolute atomic E-state index is 13.4. The maximum Gasteiger partial charge on any atom is 0.153 e. The Bertz CT molecular complexity index is 462. The van der Waals surface area contributed by atoms with Crippen molar-refractivity contribution in [3.8, 4) is 0 Å². The van der Waals surface area contributed by atoms with Crippen molar-refractivity contribution in [3.63, 3.8) is 0 Å². The second kappa shape index (κ2) is 2.89. The van der Waals surface area contributed by atoms with Gasteiger partial charge in [-0.05, 0) is 23.6 Å². The van der Waals surface area contributed by atoms with Crippen molar-refractivity contribution in [1.82, 2.24) is 0 Å². The van der Waals surface area contributed by atoms with Crippen LogP contribution in [0.2, 0.25) is 5.02 Å². The van der Waals surface area contributed by atoms with Crippen molar-refractivity contribution in [3.05, 3.63) is 41.2 Å². The molecule has 0 aromatic heterocycles. The van der Waals surface area contributed by atoms with Gasteiger partial charge in [0.1, 0.15) is 0 Å². The van der Waals surface area contributed by atoms with Crippen LogP contribution in [-0.2, 0) is 0 Å². The number of halogens is 2. The number of anilines is 1. The highest BCUT2D eigenvalue weighted by Gasteiger charge is 2.04. The lowest BCUT2D eigenvalue weighted by atomic mass is 10.1. The lowest BCUT2D eigenvalue weighted by Crippen LogP contribution is -1.90. The van der Waals surface area contributed by atoms with Gasteiger partial charge in [0.2, 0.25) is 0 Å². The van der Waals surface area contributed by atoms with Crippen LogP contribution in [0.15, 0.2) is 30.3 Å². The van der Waals surface area contributed by atoms with Crippen LogP contribution in [-0.4, -0.2) is 0 Å². The lowest BCUT2D eigenvalue weighted by molar-refractivity contribution is 0.644. The molecule has 0 unspecified atom stereocenters. The zero-order valence-corrected chi connectivity index (χ0v) is 7.48. The molecule has 0 bridgehead atoms. The first-order valence-corrected chi connectivity index (χ1v) is 4.19. The Balaban J connectivity index is 2.89. The third-order valence-corrected chi connectivity index (χ3v) is 2.18. The molecule has 66 valence electrons. The highest BCUT2D eigenvalue weighted by atomic mass is 35.5. The van der Waals surface area contributed by atoms with E-state index < -0.39 is 5.82 Å². The minimum absolute atomic E-state index is 0.148. The number of hydrogen-bond acceptors (Lipinski definition) is 1. The van der Waals surface area contributed by atoms with Gasteiger partial charge in [0.15, 0.2) is 5.82 Å². The number of fused-ring (bicyclic) bond motifs is 1. The molecule has 0 spiro atoms. The summed E-state index contributed by atoms with van der Waals surface area (Å²) in [6.45, 7) is 0. The molecule has 0 saturated heterocycles. The van der Waals surface area contributed by atoms with Gasteiger partial charge in [-0.15, -0.1) is 0 Å². The van der Waals surface area contributed by atoms with Crippen LogP contribution < -0.4 is 5.73 Å². The molecule has 2 aromatic rings. The number of rotatable bonds is 0. The summed E-state index contributed by atoms with van der Waals surface area (Å²) >= 11 is 5.74. The predicted octanol–water partition coefficient (Wildman–Crippen LogP) is 3.21. The standard InChI is InChI=1S/C10H7ClFN/c11-7-3-1-6-2-4-9(13)10(12)8(6)5-7/h1-5H,13H2. The molecule has 1 nitrogen and oxygen atoms in total. The predicted molar refractivity (Wildman–Crippen MR) is 53.3 cm³/mol. The van der Waals surface area contributed by atoms with E-state index in [9.17, 15) is 4.39 Å². The molecule has 0 amide bonds. The van der Waals surface area contributed by atoms with E-state index in [1.165, 1.54) is 0 Å². The van der Waals surface area contributed by atoms with Crippen molar-refractivity contribution < 1.29 is 4.39 Å². The van der Waals surface area contributed by atoms with Crippen LogP contribution in [0, 0.1) is 5.82 Å². The SMILES string of the molecule is Nc1ccc2ccc(Cl)cc2c1F. The fourth-order valence-electron chi connectivity index (χ4n) is 1.27. The summed E-state index contributed by atoms with van der Waals surface area (Å²) in [5.74, 6) is -0.403. The summed E-state index contributed by atoms with van der Waals surface area (Å²) in [4.78, 5) is 0. The molecule has 13 heavy (non-hydrogen) atoms. The Labute approximate surface area is 79.9 Å². The fraction of sp³-hybridized carbons (Fsp3) is 0. The van der Waals surface area contributed by atoms with Crippen LogP contribution in [0.5, 0.6) is 0 Å². The highest BCUT2D eigenvalue weighted by molar-refractivity contribution is 6.31. The molecule has 3 heteroatoms. The van der Waals surface area contributed by atoms with E-state index in [0.29, 0.717) is 10.4 Å². The third-order valence-electron chi connectivity index (χ3n) is 1.95. The Morgan fingerprint density at radius 3 is 2.62 bits per heavy atom. The van der Waals surface area contributed by atoms with Gasteiger partial charge >= 0.3 is 0 Å². The van der Waals surface area contributed by atoms with Gasteiger partial charge in [0.05, 0.1) is 5.69 Å². The second-order valence-electron chi connectivity index (χ2n) is 2.83. The summed E-state index contributed by atoms with van der Waals surface area (Å²) in [7, 11) is 0. The molecule has 0 radical (unpaired) electrons. The number of nitrogens with two attached hydrogens (primary N) is 1. The van der Waals surface area contributed by atoms with Crippen LogP contribution in [0.4, 0.5) is 10.1 Å². The number of benzene rings is 2. The monoisotopic (exact) mass is 195 g/mol. The quantitative estimate of drug-likeness (QED) is 0.642. The van der Waals surface area contributed by atoms with Crippen LogP contribution >= 0.6 is 11.6 Å². The minimum Gasteiger partial charge on any atom is -0.396 e. The van der Waals surface area contributed by atoms with E-state index in [1.807, 2.05) is 0 Å². The fourth-order valence-corrected chi connectivity index (χ4v) is 1.44. The molecule has 0 aliphatic rings. The van der Waals surface area contributed by atoms with Gasteiger partial charge < -0.3 is 5.73 Å². The first-order chi connectivity index (χ1) is 6.18. The topological polar surface area (TPSA) is 26.0 Å². The second-order valence-corrected chi connectivity index (χ2v) is 3.27. The van der Waals surface area contributed by atoms with Crippen molar-refractivity contribution in [1.29, 1.82) is 0 Å². The first kappa shape index (κ1) is 8.32. The molecule has 0 saturated carbocycles.